The Morgan fingerprint density at radius 2 is 1.86 bits per heavy atom. The van der Waals surface area contributed by atoms with Gasteiger partial charge in [0.05, 0.1) is 16.5 Å². The summed E-state index contributed by atoms with van der Waals surface area (Å²) in [5, 5.41) is 14.1. The number of aliphatic hydroxyl groups is 1. The number of nitrogens with zero attached hydrogens (tertiary/aromatic N) is 1. The minimum atomic E-state index is -5.47. The van der Waals surface area contributed by atoms with E-state index < -0.39 is 60.6 Å². The first kappa shape index (κ1) is 18.6. The number of sulfone groups is 1. The molecule has 28 heavy (non-hydrogen) atoms. The molecule has 1 heterocycles. The summed E-state index contributed by atoms with van der Waals surface area (Å²) in [6, 6.07) is 5.79. The van der Waals surface area contributed by atoms with Gasteiger partial charge in [-0.05, 0) is 24.3 Å². The van der Waals surface area contributed by atoms with Crippen molar-refractivity contribution < 1.29 is 40.2 Å². The van der Waals surface area contributed by atoms with Gasteiger partial charge in [-0.3, -0.25) is 0 Å². The Morgan fingerprint density at radius 3 is 2.50 bits per heavy atom. The van der Waals surface area contributed by atoms with Gasteiger partial charge in [-0.25, -0.2) is 21.6 Å². The molecule has 0 unspecified atom stereocenters. The highest BCUT2D eigenvalue weighted by molar-refractivity contribution is 7.93. The zero-order valence-corrected chi connectivity index (χ0v) is 14.3. The van der Waals surface area contributed by atoms with Crippen LogP contribution in [0, 0.1) is 17.1 Å². The third-order valence-corrected chi connectivity index (χ3v) is 6.68. The topological polar surface area (TPSA) is 87.4 Å². The maximum absolute atomic E-state index is 14.5. The van der Waals surface area contributed by atoms with Gasteiger partial charge >= 0.3 is 5.25 Å². The lowest BCUT2D eigenvalue weighted by atomic mass is 9.95. The number of benzene rings is 2. The lowest BCUT2D eigenvalue weighted by Crippen LogP contribution is -2.50. The van der Waals surface area contributed by atoms with Crippen molar-refractivity contribution in [3.8, 4) is 17.6 Å². The molecule has 0 aromatic heterocycles. The highest BCUT2D eigenvalue weighted by Gasteiger charge is 2.78. The number of hydrogen-bond donors (Lipinski definition) is 1. The molecule has 1 N–H and O–H groups in total. The van der Waals surface area contributed by atoms with E-state index in [9.17, 15) is 35.5 Å². The number of ether oxygens (including phenoxy) is 1. The van der Waals surface area contributed by atoms with Gasteiger partial charge in [0.15, 0.2) is 12.3 Å². The van der Waals surface area contributed by atoms with E-state index in [1.54, 1.807) is 6.07 Å². The fraction of sp³-hybridized carbons (Fsp3) is 0.235. The van der Waals surface area contributed by atoms with Crippen LogP contribution in [0.25, 0.3) is 0 Å². The van der Waals surface area contributed by atoms with Crippen LogP contribution in [-0.4, -0.2) is 25.0 Å². The van der Waals surface area contributed by atoms with Crippen LogP contribution in [0.4, 0.5) is 22.0 Å². The second kappa shape index (κ2) is 5.42. The fourth-order valence-corrected chi connectivity index (χ4v) is 5.20. The van der Waals surface area contributed by atoms with E-state index in [1.807, 2.05) is 0 Å². The predicted molar refractivity (Wildman–Crippen MR) is 82.4 cm³/mol. The SMILES string of the molecule is N#Cc1cc(F)cc(Oc2ccc3c4c2[C@H](F)[C@@H](F)[C@@]4(O)C(F)(F)S3(=O)=O)c1. The molecule has 11 heteroatoms. The van der Waals surface area contributed by atoms with Crippen molar-refractivity contribution in [2.75, 3.05) is 0 Å². The van der Waals surface area contributed by atoms with Gasteiger partial charge in [0.2, 0.25) is 15.4 Å². The van der Waals surface area contributed by atoms with Crippen molar-refractivity contribution in [1.29, 1.82) is 5.26 Å². The number of nitriles is 1. The summed E-state index contributed by atoms with van der Waals surface area (Å²) in [5.74, 6) is -1.82. The lowest BCUT2D eigenvalue weighted by molar-refractivity contribution is -0.170. The Hall–Kier alpha value is -2.71. The molecule has 0 amide bonds. The third kappa shape index (κ3) is 1.99. The molecule has 0 radical (unpaired) electrons. The molecular formula is C17H8F5NO4S. The number of rotatable bonds is 2. The first-order chi connectivity index (χ1) is 13.0. The fourth-order valence-electron chi connectivity index (χ4n) is 3.52. The maximum atomic E-state index is 14.5. The molecule has 0 saturated carbocycles. The Kier molecular flexibility index (Phi) is 3.61. The quantitative estimate of drug-likeness (QED) is 0.757. The van der Waals surface area contributed by atoms with Crippen molar-refractivity contribution in [1.82, 2.24) is 0 Å². The van der Waals surface area contributed by atoms with Crippen LogP contribution in [0.5, 0.6) is 11.5 Å². The van der Waals surface area contributed by atoms with E-state index in [1.165, 1.54) is 0 Å². The number of halogens is 5. The Bertz CT molecular complexity index is 1180. The second-order valence-electron chi connectivity index (χ2n) is 6.33. The molecule has 0 spiro atoms. The smallest absolute Gasteiger partial charge is 0.384 e. The van der Waals surface area contributed by atoms with Gasteiger partial charge in [0.1, 0.15) is 17.3 Å². The predicted octanol–water partition coefficient (Wildman–Crippen LogP) is 3.42. The first-order valence-electron chi connectivity index (χ1n) is 7.65. The van der Waals surface area contributed by atoms with E-state index in [4.69, 9.17) is 10.00 Å². The van der Waals surface area contributed by atoms with E-state index in [2.05, 4.69) is 0 Å². The molecule has 2 aromatic rings. The molecule has 0 bridgehead atoms. The molecule has 2 aromatic carbocycles. The van der Waals surface area contributed by atoms with Gasteiger partial charge in [0, 0.05) is 17.2 Å². The van der Waals surface area contributed by atoms with Crippen LogP contribution in [0.3, 0.4) is 0 Å². The lowest BCUT2D eigenvalue weighted by Gasteiger charge is -2.27. The van der Waals surface area contributed by atoms with Crippen molar-refractivity contribution in [2.24, 2.45) is 0 Å². The van der Waals surface area contributed by atoms with Crippen LogP contribution in [0.1, 0.15) is 22.9 Å². The second-order valence-corrected chi connectivity index (χ2v) is 8.29. The molecule has 146 valence electrons. The number of alkyl halides is 4. The Morgan fingerprint density at radius 1 is 1.18 bits per heavy atom. The van der Waals surface area contributed by atoms with E-state index in [0.717, 1.165) is 24.3 Å². The van der Waals surface area contributed by atoms with E-state index in [-0.39, 0.29) is 11.3 Å². The average Bonchev–Trinajstić information content (AvgIpc) is 2.90. The van der Waals surface area contributed by atoms with Crippen molar-refractivity contribution in [3.63, 3.8) is 0 Å². The van der Waals surface area contributed by atoms with Gasteiger partial charge in [-0.2, -0.15) is 14.0 Å². The van der Waals surface area contributed by atoms with Crippen LogP contribution in [0.15, 0.2) is 35.2 Å². The molecule has 3 atom stereocenters. The summed E-state index contributed by atoms with van der Waals surface area (Å²) < 4.78 is 100. The molecule has 4 rings (SSSR count). The van der Waals surface area contributed by atoms with Crippen LogP contribution in [-0.2, 0) is 15.4 Å². The van der Waals surface area contributed by atoms with Gasteiger partial charge in [-0.1, -0.05) is 0 Å². The highest BCUT2D eigenvalue weighted by Crippen LogP contribution is 2.65. The molecule has 2 aliphatic rings. The zero-order chi connectivity index (χ0) is 20.6. The number of hydrogen-bond acceptors (Lipinski definition) is 5. The molecule has 1 aliphatic heterocycles. The van der Waals surface area contributed by atoms with Gasteiger partial charge in [0.25, 0.3) is 0 Å². The first-order valence-corrected chi connectivity index (χ1v) is 9.14. The van der Waals surface area contributed by atoms with Crippen LogP contribution in [0.2, 0.25) is 0 Å². The summed E-state index contributed by atoms with van der Waals surface area (Å²) in [4.78, 5) is -1.11. The van der Waals surface area contributed by atoms with Crippen molar-refractivity contribution in [2.45, 2.75) is 28.1 Å². The summed E-state index contributed by atoms with van der Waals surface area (Å²) >= 11 is 0. The molecule has 0 fully saturated rings. The van der Waals surface area contributed by atoms with Crippen molar-refractivity contribution in [3.05, 3.63) is 52.8 Å². The van der Waals surface area contributed by atoms with Crippen LogP contribution < -0.4 is 4.74 Å². The third-order valence-electron chi connectivity index (χ3n) is 4.78. The molecular weight excluding hydrogens is 409 g/mol. The molecule has 0 saturated heterocycles. The highest BCUT2D eigenvalue weighted by atomic mass is 32.2. The maximum Gasteiger partial charge on any atom is 0.384 e. The zero-order valence-electron chi connectivity index (χ0n) is 13.5. The molecule has 1 aliphatic carbocycles. The summed E-state index contributed by atoms with van der Waals surface area (Å²) in [6.45, 7) is 0. The minimum absolute atomic E-state index is 0.168. The van der Waals surface area contributed by atoms with E-state index in [0.29, 0.717) is 6.07 Å². The summed E-state index contributed by atoms with van der Waals surface area (Å²) in [7, 11) is -5.47. The monoisotopic (exact) mass is 417 g/mol. The molecule has 5 nitrogen and oxygen atoms in total. The largest absolute Gasteiger partial charge is 0.457 e. The standard InChI is InChI=1S/C17H8F5NO4S/c18-8-3-7(6-23)4-9(5-8)27-10-1-2-11-13-12(10)14(19)15(20)16(13,24)17(21,22)28(11,25)26/h1-5,14-15,24H/t14-,15+,16+/m0/s1. The van der Waals surface area contributed by atoms with Gasteiger partial charge in [-0.15, -0.1) is 0 Å². The van der Waals surface area contributed by atoms with Crippen molar-refractivity contribution >= 4 is 9.84 Å². The van der Waals surface area contributed by atoms with Crippen LogP contribution >= 0.6 is 0 Å². The Balaban J connectivity index is 1.95. The Labute approximate surface area is 154 Å². The summed E-state index contributed by atoms with van der Waals surface area (Å²) in [6.07, 6.45) is -6.10. The minimum Gasteiger partial charge on any atom is -0.457 e. The normalized spacial score (nSPS) is 28.6. The van der Waals surface area contributed by atoms with Gasteiger partial charge < -0.3 is 9.84 Å². The average molecular weight is 417 g/mol. The van der Waals surface area contributed by atoms with E-state index >= 15 is 0 Å². The summed E-state index contributed by atoms with van der Waals surface area (Å²) in [5.41, 5.74) is -6.11.